The van der Waals surface area contributed by atoms with Crippen LogP contribution in [0.2, 0.25) is 25.7 Å². The fourth-order valence-corrected chi connectivity index (χ4v) is 5.66. The van der Waals surface area contributed by atoms with Crippen LogP contribution in [0.15, 0.2) is 42.9 Å². The number of ether oxygens (including phenoxy) is 2. The van der Waals surface area contributed by atoms with Gasteiger partial charge < -0.3 is 24.7 Å². The van der Waals surface area contributed by atoms with Gasteiger partial charge in [0, 0.05) is 56.7 Å². The van der Waals surface area contributed by atoms with Crippen molar-refractivity contribution in [3.63, 3.8) is 0 Å². The molecular formula is C29H38N6O2Si. The number of nitrogens with two attached hydrogens (primary N) is 1. The molecule has 5 rings (SSSR count). The molecule has 0 atom stereocenters. The van der Waals surface area contributed by atoms with Gasteiger partial charge in [0.15, 0.2) is 5.82 Å². The number of anilines is 1. The van der Waals surface area contributed by atoms with E-state index in [1.807, 2.05) is 16.8 Å². The van der Waals surface area contributed by atoms with Crippen LogP contribution in [0.25, 0.3) is 22.3 Å². The Morgan fingerprint density at radius 2 is 1.97 bits per heavy atom. The highest BCUT2D eigenvalue weighted by molar-refractivity contribution is 6.76. The van der Waals surface area contributed by atoms with Crippen LogP contribution in [-0.4, -0.2) is 52.7 Å². The third-order valence-electron chi connectivity index (χ3n) is 7.16. The van der Waals surface area contributed by atoms with E-state index in [0.717, 1.165) is 60.0 Å². The molecule has 1 aliphatic heterocycles. The first-order valence-corrected chi connectivity index (χ1v) is 17.0. The third kappa shape index (κ3) is 5.90. The molecule has 1 aromatic carbocycles. The lowest BCUT2D eigenvalue weighted by atomic mass is 9.92. The van der Waals surface area contributed by atoms with E-state index in [1.54, 1.807) is 12.4 Å². The second kappa shape index (κ2) is 10.8. The normalized spacial score (nSPS) is 14.1. The Balaban J connectivity index is 1.32. The summed E-state index contributed by atoms with van der Waals surface area (Å²) in [7, 11) is 1.04. The monoisotopic (exact) mass is 530 g/mol. The average molecular weight is 531 g/mol. The Bertz CT molecular complexity index is 1450. The topological polar surface area (TPSA) is 91.3 Å². The van der Waals surface area contributed by atoms with Gasteiger partial charge in [-0.1, -0.05) is 19.6 Å². The first-order chi connectivity index (χ1) is 18.2. The first-order valence-electron chi connectivity index (χ1n) is 13.2. The lowest BCUT2D eigenvalue weighted by molar-refractivity contribution is 0.0899. The fourth-order valence-electron chi connectivity index (χ4n) is 4.90. The molecule has 0 radical (unpaired) electrons. The lowest BCUT2D eigenvalue weighted by Crippen LogP contribution is -2.27. The van der Waals surface area contributed by atoms with Gasteiger partial charge >= 0.3 is 0 Å². The molecule has 8 nitrogen and oxygen atoms in total. The molecule has 2 N–H and O–H groups in total. The van der Waals surface area contributed by atoms with Crippen molar-refractivity contribution in [2.45, 2.75) is 58.9 Å². The van der Waals surface area contributed by atoms with E-state index in [1.165, 1.54) is 16.7 Å². The zero-order chi connectivity index (χ0) is 26.9. The highest BCUT2D eigenvalue weighted by Gasteiger charge is 2.18. The zero-order valence-corrected chi connectivity index (χ0v) is 24.1. The Labute approximate surface area is 225 Å². The van der Waals surface area contributed by atoms with Crippen molar-refractivity contribution in [3.05, 3.63) is 65.1 Å². The van der Waals surface area contributed by atoms with Gasteiger partial charge in [0.1, 0.15) is 19.0 Å². The fraction of sp³-hybridized carbons (Fsp3) is 0.414. The quantitative estimate of drug-likeness (QED) is 0.233. The van der Waals surface area contributed by atoms with Crippen molar-refractivity contribution in [3.8, 4) is 17.1 Å². The van der Waals surface area contributed by atoms with Gasteiger partial charge in [-0.15, -0.1) is 0 Å². The number of rotatable bonds is 9. The molecule has 0 aliphatic carbocycles. The lowest BCUT2D eigenvalue weighted by Gasteiger charge is -2.27. The van der Waals surface area contributed by atoms with Crippen molar-refractivity contribution in [1.29, 1.82) is 0 Å². The maximum Gasteiger partial charge on any atom is 0.258 e. The summed E-state index contributed by atoms with van der Waals surface area (Å²) in [6.07, 6.45) is 6.62. The zero-order valence-electron chi connectivity index (χ0n) is 23.1. The number of aryl methyl sites for hydroxylation is 1. The van der Waals surface area contributed by atoms with E-state index in [-0.39, 0.29) is 5.82 Å². The van der Waals surface area contributed by atoms with Gasteiger partial charge in [0.25, 0.3) is 5.88 Å². The van der Waals surface area contributed by atoms with Crippen LogP contribution in [0.4, 0.5) is 5.82 Å². The molecule has 4 aromatic rings. The van der Waals surface area contributed by atoms with E-state index in [2.05, 4.69) is 66.7 Å². The van der Waals surface area contributed by atoms with Crippen LogP contribution in [0.5, 0.6) is 5.88 Å². The van der Waals surface area contributed by atoms with Crippen LogP contribution in [0.1, 0.15) is 22.3 Å². The largest absolute Gasteiger partial charge is 0.470 e. The number of nitrogens with zero attached hydrogens (tertiary/aromatic N) is 5. The average Bonchev–Trinajstić information content (AvgIpc) is 3.29. The van der Waals surface area contributed by atoms with E-state index in [9.17, 15) is 0 Å². The summed E-state index contributed by atoms with van der Waals surface area (Å²) in [5.41, 5.74) is 13.9. The van der Waals surface area contributed by atoms with Crippen LogP contribution < -0.4 is 10.5 Å². The summed E-state index contributed by atoms with van der Waals surface area (Å²) in [4.78, 5) is 16.1. The molecule has 3 aromatic heterocycles. The summed E-state index contributed by atoms with van der Waals surface area (Å²) in [6, 6.07) is 9.58. The van der Waals surface area contributed by atoms with Crippen molar-refractivity contribution in [2.24, 2.45) is 0 Å². The van der Waals surface area contributed by atoms with Crippen molar-refractivity contribution < 1.29 is 9.47 Å². The smallest absolute Gasteiger partial charge is 0.258 e. The number of aromatic nitrogens is 4. The number of benzene rings is 1. The summed E-state index contributed by atoms with van der Waals surface area (Å²) >= 11 is 0. The van der Waals surface area contributed by atoms with Gasteiger partial charge in [-0.25, -0.2) is 15.0 Å². The minimum absolute atomic E-state index is 0.279. The first kappa shape index (κ1) is 26.3. The Hall–Kier alpha value is -3.27. The maximum atomic E-state index is 6.17. The predicted molar refractivity (Wildman–Crippen MR) is 155 cm³/mol. The highest BCUT2D eigenvalue weighted by Crippen LogP contribution is 2.30. The molecule has 1 aliphatic rings. The maximum absolute atomic E-state index is 6.17. The van der Waals surface area contributed by atoms with Crippen molar-refractivity contribution in [1.82, 2.24) is 24.4 Å². The van der Waals surface area contributed by atoms with Crippen molar-refractivity contribution >= 4 is 24.9 Å². The Morgan fingerprint density at radius 1 is 1.13 bits per heavy atom. The second-order valence-electron chi connectivity index (χ2n) is 11.5. The number of likely N-dealkylation sites (N-methyl/N-ethyl adjacent to an activating group) is 1. The SMILES string of the molecule is Cc1cc(-c2cnc(N)c(OCc3ccnc4c3ccn4COCC[Si](C)(C)C)n2)cc2c1CCN(C)C2. The molecule has 0 fully saturated rings. The highest BCUT2D eigenvalue weighted by atomic mass is 28.3. The number of hydrogen-bond donors (Lipinski definition) is 1. The summed E-state index contributed by atoms with van der Waals surface area (Å²) in [6.45, 7) is 12.8. The van der Waals surface area contributed by atoms with Crippen LogP contribution >= 0.6 is 0 Å². The Morgan fingerprint density at radius 3 is 2.79 bits per heavy atom. The molecule has 0 saturated heterocycles. The van der Waals surface area contributed by atoms with Crippen LogP contribution in [0, 0.1) is 6.92 Å². The van der Waals surface area contributed by atoms with E-state index in [4.69, 9.17) is 20.2 Å². The number of fused-ring (bicyclic) bond motifs is 2. The minimum atomic E-state index is -1.12. The van der Waals surface area contributed by atoms with Gasteiger partial charge in [-0.3, -0.25) is 0 Å². The molecule has 4 heterocycles. The second-order valence-corrected chi connectivity index (χ2v) is 17.1. The molecule has 9 heteroatoms. The summed E-state index contributed by atoms with van der Waals surface area (Å²) in [5, 5.41) is 1.03. The van der Waals surface area contributed by atoms with Gasteiger partial charge in [-0.2, -0.15) is 0 Å². The van der Waals surface area contributed by atoms with E-state index >= 15 is 0 Å². The van der Waals surface area contributed by atoms with Gasteiger partial charge in [-0.05, 0) is 67.4 Å². The minimum Gasteiger partial charge on any atom is -0.470 e. The molecule has 0 bridgehead atoms. The van der Waals surface area contributed by atoms with E-state index in [0.29, 0.717) is 19.2 Å². The van der Waals surface area contributed by atoms with Gasteiger partial charge in [0.2, 0.25) is 0 Å². The molecule has 0 spiro atoms. The summed E-state index contributed by atoms with van der Waals surface area (Å²) in [5.74, 6) is 0.621. The van der Waals surface area contributed by atoms with Crippen LogP contribution in [0.3, 0.4) is 0 Å². The molecule has 0 amide bonds. The van der Waals surface area contributed by atoms with Crippen molar-refractivity contribution in [2.75, 3.05) is 25.9 Å². The Kier molecular flexibility index (Phi) is 7.51. The molecule has 200 valence electrons. The van der Waals surface area contributed by atoms with Crippen LogP contribution in [-0.2, 0) is 31.0 Å². The standard InChI is InChI=1S/C29H38N6O2Si/c1-20-14-22(15-23-17-34(2)10-7-24(20)23)26-16-32-27(30)29(33-26)37-18-21-6-9-31-28-25(21)8-11-35(28)19-36-12-13-38(3,4)5/h6,8-9,11,14-16H,7,10,12-13,17-19H2,1-5H3,(H2,30,32). The molecule has 38 heavy (non-hydrogen) atoms. The number of hydrogen-bond acceptors (Lipinski definition) is 7. The predicted octanol–water partition coefficient (Wildman–Crippen LogP) is 5.26. The molecule has 0 unspecified atom stereocenters. The summed E-state index contributed by atoms with van der Waals surface area (Å²) < 4.78 is 14.1. The third-order valence-corrected chi connectivity index (χ3v) is 8.86. The number of nitrogen functional groups attached to an aromatic ring is 1. The molecular weight excluding hydrogens is 492 g/mol. The van der Waals surface area contributed by atoms with E-state index < -0.39 is 8.07 Å². The molecule has 0 saturated carbocycles. The van der Waals surface area contributed by atoms with Gasteiger partial charge in [0.05, 0.1) is 11.9 Å². The number of pyridine rings is 1.